The average molecular weight is 372 g/mol. The Labute approximate surface area is 159 Å². The van der Waals surface area contributed by atoms with E-state index >= 15 is 0 Å². The first-order valence-electron chi connectivity index (χ1n) is 9.80. The minimum absolute atomic E-state index is 0.377. The van der Waals surface area contributed by atoms with Gasteiger partial charge < -0.3 is 9.80 Å². The number of hydrogen-bond acceptors (Lipinski definition) is 4. The van der Waals surface area contributed by atoms with Crippen LogP contribution >= 0.6 is 0 Å². The van der Waals surface area contributed by atoms with Gasteiger partial charge in [-0.1, -0.05) is 0 Å². The van der Waals surface area contributed by atoms with E-state index in [1.165, 1.54) is 44.6 Å². The summed E-state index contributed by atoms with van der Waals surface area (Å²) in [7, 11) is 0. The molecule has 4 rings (SSSR count). The van der Waals surface area contributed by atoms with E-state index in [0.29, 0.717) is 11.1 Å². The van der Waals surface area contributed by atoms with Gasteiger partial charge in [0, 0.05) is 62.7 Å². The van der Waals surface area contributed by atoms with Crippen LogP contribution in [-0.2, 0) is 0 Å². The van der Waals surface area contributed by atoms with Gasteiger partial charge in [-0.15, -0.1) is 0 Å². The lowest BCUT2D eigenvalue weighted by atomic mass is 10.1. The van der Waals surface area contributed by atoms with Gasteiger partial charge in [-0.05, 0) is 50.2 Å². The van der Waals surface area contributed by atoms with Crippen LogP contribution in [0.2, 0.25) is 0 Å². The van der Waals surface area contributed by atoms with Crippen LogP contribution in [0.15, 0.2) is 36.5 Å². The van der Waals surface area contributed by atoms with Gasteiger partial charge in [-0.25, -0.2) is 13.8 Å². The van der Waals surface area contributed by atoms with Crippen molar-refractivity contribution >= 4 is 5.82 Å². The number of nitrogens with zero attached hydrogens (tertiary/aromatic N) is 4. The van der Waals surface area contributed by atoms with Gasteiger partial charge in [-0.2, -0.15) is 0 Å². The van der Waals surface area contributed by atoms with E-state index in [-0.39, 0.29) is 0 Å². The lowest BCUT2D eigenvalue weighted by Crippen LogP contribution is -2.48. The molecule has 0 amide bonds. The Morgan fingerprint density at radius 3 is 2.15 bits per heavy atom. The van der Waals surface area contributed by atoms with Crippen molar-refractivity contribution in [1.29, 1.82) is 0 Å². The Morgan fingerprint density at radius 2 is 1.52 bits per heavy atom. The fraction of sp³-hybridized carbons (Fsp3) is 0.476. The van der Waals surface area contributed by atoms with E-state index in [1.54, 1.807) is 6.20 Å². The second-order valence-corrected chi connectivity index (χ2v) is 7.41. The van der Waals surface area contributed by atoms with Crippen molar-refractivity contribution in [3.05, 3.63) is 48.2 Å². The first-order valence-corrected chi connectivity index (χ1v) is 9.80. The highest BCUT2D eigenvalue weighted by Gasteiger charge is 2.19. The molecular weight excluding hydrogens is 346 g/mol. The Bertz CT molecular complexity index is 751. The normalized spacial score (nSPS) is 19.0. The van der Waals surface area contributed by atoms with Crippen LogP contribution in [0.5, 0.6) is 0 Å². The Morgan fingerprint density at radius 1 is 0.815 bits per heavy atom. The summed E-state index contributed by atoms with van der Waals surface area (Å²) in [5.41, 5.74) is 1.04. The topological polar surface area (TPSA) is 22.6 Å². The van der Waals surface area contributed by atoms with Gasteiger partial charge >= 0.3 is 0 Å². The molecule has 2 saturated heterocycles. The minimum atomic E-state index is -0.566. The maximum absolute atomic E-state index is 13.9. The summed E-state index contributed by atoms with van der Waals surface area (Å²) < 4.78 is 27.0. The monoisotopic (exact) mass is 372 g/mol. The molecule has 2 aliphatic rings. The zero-order valence-corrected chi connectivity index (χ0v) is 15.6. The predicted octanol–water partition coefficient (Wildman–Crippen LogP) is 3.24. The molecule has 0 unspecified atom stereocenters. The van der Waals surface area contributed by atoms with Gasteiger partial charge in [0.15, 0.2) is 0 Å². The standard InChI is InChI=1S/C21H26F2N4/c22-18-4-5-19(20(23)15-18)17-3-6-21(24-16-17)27-13-11-26(12-14-27)10-9-25-7-1-2-8-25/h3-6,15-16H,1-2,7-14H2. The number of hydrogen-bond donors (Lipinski definition) is 0. The van der Waals surface area contributed by atoms with E-state index in [0.717, 1.165) is 44.6 Å². The summed E-state index contributed by atoms with van der Waals surface area (Å²) in [5, 5.41) is 0. The lowest BCUT2D eigenvalue weighted by molar-refractivity contribution is 0.215. The molecule has 2 aliphatic heterocycles. The smallest absolute Gasteiger partial charge is 0.133 e. The number of pyridine rings is 1. The lowest BCUT2D eigenvalue weighted by Gasteiger charge is -2.36. The molecule has 0 atom stereocenters. The SMILES string of the molecule is Fc1ccc(-c2ccc(N3CCN(CCN4CCCC4)CC3)nc2)c(F)c1. The molecule has 1 aromatic carbocycles. The van der Waals surface area contributed by atoms with Crippen LogP contribution in [0.1, 0.15) is 12.8 Å². The number of aromatic nitrogens is 1. The highest BCUT2D eigenvalue weighted by molar-refractivity contribution is 5.64. The summed E-state index contributed by atoms with van der Waals surface area (Å²) >= 11 is 0. The maximum Gasteiger partial charge on any atom is 0.133 e. The third kappa shape index (κ3) is 4.45. The summed E-state index contributed by atoms with van der Waals surface area (Å²) in [6.45, 7) is 8.83. The second kappa shape index (κ2) is 8.31. The van der Waals surface area contributed by atoms with E-state index in [2.05, 4.69) is 19.7 Å². The van der Waals surface area contributed by atoms with Crippen molar-refractivity contribution in [2.75, 3.05) is 57.3 Å². The molecule has 0 radical (unpaired) electrons. The van der Waals surface area contributed by atoms with Gasteiger partial charge in [-0.3, -0.25) is 4.90 Å². The largest absolute Gasteiger partial charge is 0.354 e. The number of benzene rings is 1. The van der Waals surface area contributed by atoms with Gasteiger partial charge in [0.05, 0.1) is 0 Å². The van der Waals surface area contributed by atoms with Crippen molar-refractivity contribution in [2.24, 2.45) is 0 Å². The average Bonchev–Trinajstić information content (AvgIpc) is 3.21. The van der Waals surface area contributed by atoms with Crippen molar-refractivity contribution < 1.29 is 8.78 Å². The number of piperazine rings is 1. The summed E-state index contributed by atoms with van der Waals surface area (Å²) in [4.78, 5) is 11.9. The van der Waals surface area contributed by atoms with Crippen molar-refractivity contribution in [3.8, 4) is 11.1 Å². The van der Waals surface area contributed by atoms with Crippen LogP contribution in [0.25, 0.3) is 11.1 Å². The Kier molecular flexibility index (Phi) is 5.64. The minimum Gasteiger partial charge on any atom is -0.354 e. The molecule has 0 aliphatic carbocycles. The first kappa shape index (κ1) is 18.3. The van der Waals surface area contributed by atoms with E-state index in [4.69, 9.17) is 0 Å². The summed E-state index contributed by atoms with van der Waals surface area (Å²) in [6, 6.07) is 7.43. The van der Waals surface area contributed by atoms with E-state index in [1.807, 2.05) is 12.1 Å². The quantitative estimate of drug-likeness (QED) is 0.804. The van der Waals surface area contributed by atoms with Crippen LogP contribution in [0.3, 0.4) is 0 Å². The number of halogens is 2. The molecule has 0 saturated carbocycles. The van der Waals surface area contributed by atoms with Gasteiger partial charge in [0.25, 0.3) is 0 Å². The number of rotatable bonds is 5. The molecule has 1 aromatic heterocycles. The molecule has 4 nitrogen and oxygen atoms in total. The molecule has 0 spiro atoms. The Balaban J connectivity index is 1.32. The zero-order chi connectivity index (χ0) is 18.6. The molecule has 6 heteroatoms. The van der Waals surface area contributed by atoms with Gasteiger partial charge in [0.2, 0.25) is 0 Å². The van der Waals surface area contributed by atoms with Crippen LogP contribution in [0, 0.1) is 11.6 Å². The van der Waals surface area contributed by atoms with Crippen molar-refractivity contribution in [2.45, 2.75) is 12.8 Å². The first-order chi connectivity index (χ1) is 13.2. The molecule has 27 heavy (non-hydrogen) atoms. The molecule has 2 aromatic rings. The van der Waals surface area contributed by atoms with E-state index < -0.39 is 11.6 Å². The third-order valence-electron chi connectivity index (χ3n) is 5.62. The second-order valence-electron chi connectivity index (χ2n) is 7.41. The van der Waals surface area contributed by atoms with Crippen LogP contribution < -0.4 is 4.90 Å². The summed E-state index contributed by atoms with van der Waals surface area (Å²) in [5.74, 6) is -0.208. The molecule has 144 valence electrons. The highest BCUT2D eigenvalue weighted by Crippen LogP contribution is 2.24. The molecular formula is C21H26F2N4. The maximum atomic E-state index is 13.9. The molecule has 0 N–H and O–H groups in total. The zero-order valence-electron chi connectivity index (χ0n) is 15.6. The van der Waals surface area contributed by atoms with Crippen LogP contribution in [-0.4, -0.2) is 67.1 Å². The fourth-order valence-electron chi connectivity index (χ4n) is 3.95. The van der Waals surface area contributed by atoms with Crippen molar-refractivity contribution in [3.63, 3.8) is 0 Å². The number of likely N-dealkylation sites (tertiary alicyclic amines) is 1. The fourth-order valence-corrected chi connectivity index (χ4v) is 3.95. The van der Waals surface area contributed by atoms with E-state index in [9.17, 15) is 8.78 Å². The summed E-state index contributed by atoms with van der Waals surface area (Å²) in [6.07, 6.45) is 4.36. The molecule has 2 fully saturated rings. The van der Waals surface area contributed by atoms with Gasteiger partial charge in [0.1, 0.15) is 17.5 Å². The predicted molar refractivity (Wildman–Crippen MR) is 104 cm³/mol. The Hall–Kier alpha value is -2.05. The number of anilines is 1. The molecule has 0 bridgehead atoms. The molecule has 3 heterocycles. The highest BCUT2D eigenvalue weighted by atomic mass is 19.1. The third-order valence-corrected chi connectivity index (χ3v) is 5.62. The van der Waals surface area contributed by atoms with Crippen molar-refractivity contribution in [1.82, 2.24) is 14.8 Å². The van der Waals surface area contributed by atoms with Crippen LogP contribution in [0.4, 0.5) is 14.6 Å².